The molecular weight excluding hydrogens is 372 g/mol. The molecule has 1 saturated carbocycles. The monoisotopic (exact) mass is 412 g/mol. The molecular formula is C23H40O6. The molecule has 0 amide bonds. The van der Waals surface area contributed by atoms with Crippen molar-refractivity contribution < 1.29 is 30.0 Å². The number of hydrogen-bond donors (Lipinski definition) is 4. The van der Waals surface area contributed by atoms with E-state index in [1.165, 1.54) is 6.08 Å². The first kappa shape index (κ1) is 25.8. The summed E-state index contributed by atoms with van der Waals surface area (Å²) in [4.78, 5) is 23.4. The fraction of sp³-hybridized carbons (Fsp3) is 0.826. The van der Waals surface area contributed by atoms with E-state index >= 15 is 0 Å². The second-order valence-electron chi connectivity index (χ2n) is 8.58. The zero-order chi connectivity index (χ0) is 21.8. The Labute approximate surface area is 175 Å². The second-order valence-corrected chi connectivity index (χ2v) is 8.58. The Kier molecular flexibility index (Phi) is 12.4. The Bertz CT molecular complexity index is 529. The number of aliphatic hydroxyl groups is 4. The molecule has 0 bridgehead atoms. The molecule has 4 N–H and O–H groups in total. The third-order valence-electron chi connectivity index (χ3n) is 6.28. The Morgan fingerprint density at radius 2 is 1.90 bits per heavy atom. The van der Waals surface area contributed by atoms with Gasteiger partial charge >= 0.3 is 0 Å². The maximum atomic E-state index is 12.3. The van der Waals surface area contributed by atoms with E-state index in [1.807, 2.05) is 0 Å². The zero-order valence-corrected chi connectivity index (χ0v) is 18.1. The molecule has 0 aromatic rings. The van der Waals surface area contributed by atoms with Crippen molar-refractivity contribution in [3.05, 3.63) is 11.8 Å². The summed E-state index contributed by atoms with van der Waals surface area (Å²) in [6, 6.07) is 0. The summed E-state index contributed by atoms with van der Waals surface area (Å²) in [6.45, 7) is 3.52. The third-order valence-corrected chi connectivity index (χ3v) is 6.28. The average molecular weight is 413 g/mol. The van der Waals surface area contributed by atoms with Gasteiger partial charge in [0, 0.05) is 12.3 Å². The maximum Gasteiger partial charge on any atom is 0.221 e. The summed E-state index contributed by atoms with van der Waals surface area (Å²) >= 11 is 0. The molecule has 0 saturated heterocycles. The summed E-state index contributed by atoms with van der Waals surface area (Å²) in [7, 11) is 0. The SMILES string of the molecule is CCCCC(C)C(O)CCC[C@H]1[C@H](O)CC(=O)[C@@H]1CCCCC=C(O)C(=O)CO. The largest absolute Gasteiger partial charge is 0.505 e. The van der Waals surface area contributed by atoms with Crippen LogP contribution in [-0.2, 0) is 9.59 Å². The highest BCUT2D eigenvalue weighted by atomic mass is 16.3. The fourth-order valence-corrected chi connectivity index (χ4v) is 4.29. The van der Waals surface area contributed by atoms with Gasteiger partial charge in [0.25, 0.3) is 0 Å². The van der Waals surface area contributed by atoms with Crippen LogP contribution in [0.3, 0.4) is 0 Å². The molecule has 1 aliphatic carbocycles. The molecule has 168 valence electrons. The molecule has 0 radical (unpaired) electrons. The van der Waals surface area contributed by atoms with Gasteiger partial charge in [0.15, 0.2) is 5.76 Å². The minimum atomic E-state index is -0.704. The van der Waals surface area contributed by atoms with E-state index in [0.29, 0.717) is 19.3 Å². The van der Waals surface area contributed by atoms with Gasteiger partial charge in [-0.2, -0.15) is 0 Å². The molecule has 6 nitrogen and oxygen atoms in total. The summed E-state index contributed by atoms with van der Waals surface area (Å²) in [5, 5.41) is 38.7. The molecule has 6 heteroatoms. The van der Waals surface area contributed by atoms with Crippen LogP contribution in [0.25, 0.3) is 0 Å². The number of carbonyl (C=O) groups is 2. The highest BCUT2D eigenvalue weighted by molar-refractivity contribution is 5.93. The number of ketones is 2. The van der Waals surface area contributed by atoms with Crippen LogP contribution in [0.15, 0.2) is 11.8 Å². The molecule has 0 heterocycles. The van der Waals surface area contributed by atoms with E-state index in [2.05, 4.69) is 13.8 Å². The average Bonchev–Trinajstić information content (AvgIpc) is 2.97. The van der Waals surface area contributed by atoms with E-state index < -0.39 is 24.3 Å². The van der Waals surface area contributed by atoms with Gasteiger partial charge < -0.3 is 20.4 Å². The lowest BCUT2D eigenvalue weighted by atomic mass is 9.84. The van der Waals surface area contributed by atoms with Crippen molar-refractivity contribution in [3.63, 3.8) is 0 Å². The first-order valence-electron chi connectivity index (χ1n) is 11.2. The number of rotatable bonds is 15. The van der Waals surface area contributed by atoms with Gasteiger partial charge in [0.05, 0.1) is 12.2 Å². The first-order chi connectivity index (χ1) is 13.8. The van der Waals surface area contributed by atoms with Crippen molar-refractivity contribution in [2.75, 3.05) is 6.61 Å². The predicted molar refractivity (Wildman–Crippen MR) is 112 cm³/mol. The van der Waals surface area contributed by atoms with E-state index in [0.717, 1.165) is 44.9 Å². The van der Waals surface area contributed by atoms with Crippen LogP contribution >= 0.6 is 0 Å². The molecule has 0 spiro atoms. The van der Waals surface area contributed by atoms with Gasteiger partial charge in [-0.3, -0.25) is 9.59 Å². The normalized spacial score (nSPS) is 24.7. The van der Waals surface area contributed by atoms with Gasteiger partial charge in [-0.1, -0.05) is 39.5 Å². The summed E-state index contributed by atoms with van der Waals surface area (Å²) in [5.74, 6) is -0.886. The minimum Gasteiger partial charge on any atom is -0.505 e. The number of allylic oxidation sites excluding steroid dienone is 1. The standard InChI is InChI=1S/C23H40O6/c1-3-4-9-16(2)19(25)13-8-11-18-17(21(27)14-22(18)28)10-6-5-7-12-20(26)23(29)15-24/h12,16-19,22,24-26,28H,3-11,13-15H2,1-2H3/t16?,17-,18-,19?,22-/m1/s1. The van der Waals surface area contributed by atoms with Crippen LogP contribution < -0.4 is 0 Å². The number of hydrogen-bond acceptors (Lipinski definition) is 6. The molecule has 0 aromatic heterocycles. The van der Waals surface area contributed by atoms with Crippen LogP contribution in [0.1, 0.15) is 84.5 Å². The molecule has 1 rings (SSSR count). The Balaban J connectivity index is 2.39. The zero-order valence-electron chi connectivity index (χ0n) is 18.1. The number of Topliss-reactive ketones (excluding diaryl/α,β-unsaturated/α-hetero) is 2. The van der Waals surface area contributed by atoms with Crippen molar-refractivity contribution in [1.82, 2.24) is 0 Å². The third kappa shape index (κ3) is 8.97. The molecule has 29 heavy (non-hydrogen) atoms. The summed E-state index contributed by atoms with van der Waals surface area (Å²) < 4.78 is 0. The lowest BCUT2D eigenvalue weighted by Crippen LogP contribution is -2.22. The highest BCUT2D eigenvalue weighted by Crippen LogP contribution is 2.36. The van der Waals surface area contributed by atoms with E-state index in [1.54, 1.807) is 0 Å². The number of aliphatic hydroxyl groups excluding tert-OH is 4. The topological polar surface area (TPSA) is 115 Å². The molecule has 0 aliphatic heterocycles. The van der Waals surface area contributed by atoms with Crippen LogP contribution in [0.4, 0.5) is 0 Å². The molecule has 1 fully saturated rings. The Hall–Kier alpha value is -1.24. The minimum absolute atomic E-state index is 0.0411. The van der Waals surface area contributed by atoms with Gasteiger partial charge in [0.1, 0.15) is 12.4 Å². The van der Waals surface area contributed by atoms with Crippen LogP contribution in [-0.4, -0.2) is 50.8 Å². The second kappa shape index (κ2) is 13.9. The number of carbonyl (C=O) groups excluding carboxylic acids is 2. The first-order valence-corrected chi connectivity index (χ1v) is 11.2. The van der Waals surface area contributed by atoms with Crippen LogP contribution in [0.2, 0.25) is 0 Å². The van der Waals surface area contributed by atoms with Crippen molar-refractivity contribution in [1.29, 1.82) is 0 Å². The fourth-order valence-electron chi connectivity index (χ4n) is 4.29. The Morgan fingerprint density at radius 1 is 1.17 bits per heavy atom. The van der Waals surface area contributed by atoms with Crippen LogP contribution in [0.5, 0.6) is 0 Å². The van der Waals surface area contributed by atoms with Crippen molar-refractivity contribution in [2.24, 2.45) is 17.8 Å². The smallest absolute Gasteiger partial charge is 0.221 e. The summed E-state index contributed by atoms with van der Waals surface area (Å²) in [5.41, 5.74) is 0. The highest BCUT2D eigenvalue weighted by Gasteiger charge is 2.40. The predicted octanol–water partition coefficient (Wildman–Crippen LogP) is 3.47. The molecule has 5 atom stereocenters. The van der Waals surface area contributed by atoms with E-state index in [9.17, 15) is 24.9 Å². The van der Waals surface area contributed by atoms with Crippen molar-refractivity contribution >= 4 is 11.6 Å². The van der Waals surface area contributed by atoms with Gasteiger partial charge in [0.2, 0.25) is 5.78 Å². The maximum absolute atomic E-state index is 12.3. The number of unbranched alkanes of at least 4 members (excludes halogenated alkanes) is 3. The Morgan fingerprint density at radius 3 is 2.55 bits per heavy atom. The van der Waals surface area contributed by atoms with Gasteiger partial charge in [-0.25, -0.2) is 0 Å². The quantitative estimate of drug-likeness (QED) is 0.186. The van der Waals surface area contributed by atoms with Gasteiger partial charge in [-0.05, 0) is 56.4 Å². The molecule has 1 aliphatic rings. The lowest BCUT2D eigenvalue weighted by molar-refractivity contribution is -0.121. The van der Waals surface area contributed by atoms with Crippen molar-refractivity contribution in [3.8, 4) is 0 Å². The van der Waals surface area contributed by atoms with Gasteiger partial charge in [-0.15, -0.1) is 0 Å². The molecule has 2 unspecified atom stereocenters. The lowest BCUT2D eigenvalue weighted by Gasteiger charge is -2.23. The van der Waals surface area contributed by atoms with E-state index in [4.69, 9.17) is 5.11 Å². The molecule has 0 aromatic carbocycles. The summed E-state index contributed by atoms with van der Waals surface area (Å²) in [6.07, 6.45) is 8.95. The van der Waals surface area contributed by atoms with Crippen LogP contribution in [0, 0.1) is 17.8 Å². The van der Waals surface area contributed by atoms with Crippen molar-refractivity contribution in [2.45, 2.75) is 96.7 Å². The van der Waals surface area contributed by atoms with E-state index in [-0.39, 0.29) is 36.1 Å².